The maximum atomic E-state index is 10.6. The van der Waals surface area contributed by atoms with Crippen LogP contribution in [0, 0.1) is 6.92 Å². The zero-order valence-corrected chi connectivity index (χ0v) is 24.3. The lowest BCUT2D eigenvalue weighted by Crippen LogP contribution is -2.57. The zero-order valence-electron chi connectivity index (χ0n) is 23.5. The van der Waals surface area contributed by atoms with Gasteiger partial charge in [-0.2, -0.15) is 26.3 Å². The van der Waals surface area contributed by atoms with Crippen molar-refractivity contribution in [1.29, 1.82) is 0 Å². The zero-order chi connectivity index (χ0) is 32.0. The summed E-state index contributed by atoms with van der Waals surface area (Å²) in [5.41, 5.74) is 2.63. The minimum absolute atomic E-state index is 0.0852. The van der Waals surface area contributed by atoms with Gasteiger partial charge in [0.05, 0.1) is 17.4 Å². The molecule has 2 N–H and O–H groups in total. The van der Waals surface area contributed by atoms with Crippen LogP contribution < -0.4 is 0 Å². The number of hydrogen-bond donors (Lipinski definition) is 2. The van der Waals surface area contributed by atoms with E-state index in [4.69, 9.17) is 24.8 Å². The highest BCUT2D eigenvalue weighted by atomic mass is 32.1. The number of carboxylic acid groups (broad SMARTS) is 2. The molecule has 2 aliphatic rings. The second kappa shape index (κ2) is 13.9. The molecule has 0 unspecified atom stereocenters. The Balaban J connectivity index is 0.000000303. The van der Waals surface area contributed by atoms with Crippen molar-refractivity contribution in [2.75, 3.05) is 26.2 Å². The summed E-state index contributed by atoms with van der Waals surface area (Å²) in [6.45, 7) is 11.1. The van der Waals surface area contributed by atoms with Crippen molar-refractivity contribution in [2.45, 2.75) is 57.7 Å². The normalized spacial score (nSPS) is 16.8. The number of nitrogens with zero attached hydrogens (tertiary/aromatic N) is 4. The average molecular weight is 635 g/mol. The lowest BCUT2D eigenvalue weighted by molar-refractivity contribution is -0.193. The summed E-state index contributed by atoms with van der Waals surface area (Å²) in [6, 6.07) is 15.3. The van der Waals surface area contributed by atoms with Gasteiger partial charge in [-0.3, -0.25) is 9.80 Å². The molecule has 15 heteroatoms. The molecule has 0 atom stereocenters. The minimum atomic E-state index is -5.08. The van der Waals surface area contributed by atoms with E-state index in [1.807, 2.05) is 11.3 Å². The molecule has 0 bridgehead atoms. The Kier molecular flexibility index (Phi) is 11.0. The molecule has 0 aliphatic carbocycles. The number of rotatable bonds is 4. The van der Waals surface area contributed by atoms with Gasteiger partial charge in [-0.25, -0.2) is 14.6 Å². The van der Waals surface area contributed by atoms with Crippen molar-refractivity contribution < 1.29 is 46.1 Å². The van der Waals surface area contributed by atoms with Gasteiger partial charge in [0.1, 0.15) is 5.82 Å². The van der Waals surface area contributed by atoms with Crippen LogP contribution in [0.15, 0.2) is 48.7 Å². The monoisotopic (exact) mass is 634 g/mol. The Morgan fingerprint density at radius 2 is 1.47 bits per heavy atom. The number of aryl methyl sites for hydroxylation is 1. The fraction of sp³-hybridized carbons (Fsp3) is 0.464. The van der Waals surface area contributed by atoms with Gasteiger partial charge in [0, 0.05) is 42.5 Å². The predicted octanol–water partition coefficient (Wildman–Crippen LogP) is 6.01. The topological polar surface area (TPSA) is 98.9 Å². The number of fused-ring (bicyclic) bond motifs is 2. The van der Waals surface area contributed by atoms with Crippen molar-refractivity contribution in [3.8, 4) is 11.3 Å². The van der Waals surface area contributed by atoms with Crippen LogP contribution in [0.4, 0.5) is 26.3 Å². The molecule has 8 nitrogen and oxygen atoms in total. The summed E-state index contributed by atoms with van der Waals surface area (Å²) in [4.78, 5) is 31.0. The van der Waals surface area contributed by atoms with Gasteiger partial charge in [0.25, 0.3) is 0 Å². The van der Waals surface area contributed by atoms with Crippen molar-refractivity contribution in [3.05, 3.63) is 64.2 Å². The number of likely N-dealkylation sites (tertiary alicyclic amines) is 1. The van der Waals surface area contributed by atoms with Gasteiger partial charge >= 0.3 is 24.3 Å². The van der Waals surface area contributed by atoms with Gasteiger partial charge in [0.2, 0.25) is 0 Å². The molecular formula is C28H32F6N4O4S. The molecular weight excluding hydrogens is 602 g/mol. The van der Waals surface area contributed by atoms with Crippen LogP contribution in [0.1, 0.15) is 35.3 Å². The van der Waals surface area contributed by atoms with E-state index < -0.39 is 24.3 Å². The second-order valence-corrected chi connectivity index (χ2v) is 11.4. The molecule has 5 rings (SSSR count). The Labute approximate surface area is 248 Å². The Hall–Kier alpha value is -3.43. The number of halogens is 6. The molecule has 43 heavy (non-hydrogen) atoms. The third-order valence-corrected chi connectivity index (χ3v) is 8.25. The number of likely N-dealkylation sites (N-methyl/N-ethyl adjacent to an activating group) is 1. The molecule has 3 aromatic rings. The van der Waals surface area contributed by atoms with E-state index >= 15 is 0 Å². The first kappa shape index (κ1) is 34.1. The standard InChI is InChI=1S/C24H30N4S.2C2HF3O2/c1-3-27-15-16-28-22(20-7-5-4-6-8-20)17-25-23(28)24(27)11-13-26(14-12-24)18-21-10-9-19(2)29-21;2*3-2(4,5)1(6)7/h4-10,17H,3,11-16,18H2,1-2H3;2*(H,6,7). The quantitative estimate of drug-likeness (QED) is 0.339. The third kappa shape index (κ3) is 8.57. The smallest absolute Gasteiger partial charge is 0.475 e. The number of benzene rings is 1. The fourth-order valence-corrected chi connectivity index (χ4v) is 6.19. The third-order valence-electron chi connectivity index (χ3n) is 7.27. The molecule has 1 spiro atoms. The highest BCUT2D eigenvalue weighted by Crippen LogP contribution is 2.42. The molecule has 1 fully saturated rings. The molecule has 2 aromatic heterocycles. The van der Waals surface area contributed by atoms with Crippen molar-refractivity contribution in [2.24, 2.45) is 0 Å². The van der Waals surface area contributed by atoms with Crippen molar-refractivity contribution >= 4 is 23.3 Å². The number of aromatic nitrogens is 2. The largest absolute Gasteiger partial charge is 0.490 e. The van der Waals surface area contributed by atoms with Crippen molar-refractivity contribution in [1.82, 2.24) is 19.4 Å². The average Bonchev–Trinajstić information content (AvgIpc) is 3.57. The Morgan fingerprint density at radius 1 is 0.907 bits per heavy atom. The van der Waals surface area contributed by atoms with Gasteiger partial charge in [-0.15, -0.1) is 11.3 Å². The summed E-state index contributed by atoms with van der Waals surface area (Å²) >= 11 is 1.93. The lowest BCUT2D eigenvalue weighted by atomic mass is 9.83. The van der Waals surface area contributed by atoms with Gasteiger partial charge < -0.3 is 14.8 Å². The van der Waals surface area contributed by atoms with Crippen LogP contribution in [-0.2, 0) is 28.2 Å². The van der Waals surface area contributed by atoms with Crippen LogP contribution in [0.3, 0.4) is 0 Å². The van der Waals surface area contributed by atoms with Gasteiger partial charge in [-0.1, -0.05) is 37.3 Å². The predicted molar refractivity (Wildman–Crippen MR) is 148 cm³/mol. The number of aliphatic carboxylic acids is 2. The molecule has 0 radical (unpaired) electrons. The maximum Gasteiger partial charge on any atom is 0.490 e. The van der Waals surface area contributed by atoms with E-state index in [0.717, 1.165) is 52.1 Å². The van der Waals surface area contributed by atoms with Crippen LogP contribution in [-0.4, -0.2) is 80.0 Å². The number of imidazole rings is 1. The summed E-state index contributed by atoms with van der Waals surface area (Å²) in [6.07, 6.45) is -5.74. The van der Waals surface area contributed by atoms with Gasteiger partial charge in [-0.05, 0) is 44.0 Å². The first-order valence-electron chi connectivity index (χ1n) is 13.3. The Morgan fingerprint density at radius 3 is 1.93 bits per heavy atom. The summed E-state index contributed by atoms with van der Waals surface area (Å²) in [5, 5.41) is 14.2. The summed E-state index contributed by atoms with van der Waals surface area (Å²) in [5.74, 6) is -4.23. The number of alkyl halides is 6. The highest BCUT2D eigenvalue weighted by Gasteiger charge is 2.46. The number of thiophene rings is 1. The Bertz CT molecular complexity index is 1340. The molecule has 2 aliphatic heterocycles. The molecule has 0 saturated carbocycles. The SMILES string of the molecule is CCN1CCn2c(-c3ccccc3)cnc2C12CCN(Cc1ccc(C)s1)CC2.O=C(O)C(F)(F)F.O=C(O)C(F)(F)F. The number of carbonyl (C=O) groups is 2. The van der Waals surface area contributed by atoms with Crippen LogP contribution >= 0.6 is 11.3 Å². The first-order valence-corrected chi connectivity index (χ1v) is 14.1. The summed E-state index contributed by atoms with van der Waals surface area (Å²) in [7, 11) is 0. The number of carboxylic acids is 2. The van der Waals surface area contributed by atoms with E-state index in [0.29, 0.717) is 0 Å². The number of hydrogen-bond acceptors (Lipinski definition) is 6. The van der Waals surface area contributed by atoms with Crippen LogP contribution in [0.2, 0.25) is 0 Å². The van der Waals surface area contributed by atoms with E-state index in [1.165, 1.54) is 26.8 Å². The molecule has 1 saturated heterocycles. The van der Waals surface area contributed by atoms with E-state index in [1.54, 1.807) is 0 Å². The van der Waals surface area contributed by atoms with E-state index in [-0.39, 0.29) is 5.54 Å². The van der Waals surface area contributed by atoms with Crippen LogP contribution in [0.25, 0.3) is 11.3 Å². The van der Waals surface area contributed by atoms with Crippen molar-refractivity contribution in [3.63, 3.8) is 0 Å². The fourth-order valence-electron chi connectivity index (χ4n) is 5.26. The van der Waals surface area contributed by atoms with Gasteiger partial charge in [0.15, 0.2) is 0 Å². The maximum absolute atomic E-state index is 10.6. The summed E-state index contributed by atoms with van der Waals surface area (Å²) < 4.78 is 66.0. The second-order valence-electron chi connectivity index (χ2n) is 9.99. The lowest BCUT2D eigenvalue weighted by Gasteiger charge is -2.50. The number of piperidine rings is 1. The molecule has 4 heterocycles. The van der Waals surface area contributed by atoms with E-state index in [9.17, 15) is 26.3 Å². The minimum Gasteiger partial charge on any atom is -0.475 e. The molecule has 0 amide bonds. The van der Waals surface area contributed by atoms with E-state index in [2.05, 4.69) is 76.9 Å². The highest BCUT2D eigenvalue weighted by molar-refractivity contribution is 7.11. The molecule has 236 valence electrons. The first-order chi connectivity index (χ1) is 20.1. The van der Waals surface area contributed by atoms with Crippen LogP contribution in [0.5, 0.6) is 0 Å². The molecule has 1 aromatic carbocycles.